The fourth-order valence-electron chi connectivity index (χ4n) is 19.5. The van der Waals surface area contributed by atoms with Gasteiger partial charge in [0.1, 0.15) is 17.8 Å². The topological polar surface area (TPSA) is 184 Å². The molecule has 2 spiro atoms. The first kappa shape index (κ1) is 44.1. The van der Waals surface area contributed by atoms with Crippen molar-refractivity contribution in [2.75, 3.05) is 19.8 Å². The first-order valence-electron chi connectivity index (χ1n) is 26.1. The Morgan fingerprint density at radius 2 is 1.32 bits per heavy atom. The molecular weight excluding hydrogens is 837 g/mol. The third-order valence-corrected chi connectivity index (χ3v) is 23.1. The normalized spacial score (nSPS) is 57.7. The Kier molecular flexibility index (Phi) is 8.93. The van der Waals surface area contributed by atoms with Crippen LogP contribution in [0.2, 0.25) is 0 Å². The maximum atomic E-state index is 12.9. The minimum Gasteiger partial charge on any atom is -0.395 e. The number of ether oxygens (including phenoxy) is 4. The molecule has 6 N–H and O–H groups in total. The Morgan fingerprint density at radius 1 is 0.712 bits per heavy atom. The van der Waals surface area contributed by atoms with Crippen LogP contribution >= 0.6 is 0 Å². The number of hydrogen-bond acceptors (Lipinski definition) is 12. The second-order valence-corrected chi connectivity index (χ2v) is 26.5. The largest absolute Gasteiger partial charge is 0.395 e. The lowest BCUT2D eigenvalue weighted by molar-refractivity contribution is -0.280. The molecule has 8 aliphatic carbocycles. The fraction of sp³-hybridized carbons (Fsp3) is 0.852. The van der Waals surface area contributed by atoms with Crippen LogP contribution in [-0.4, -0.2) is 114 Å². The van der Waals surface area contributed by atoms with Gasteiger partial charge < -0.3 is 49.6 Å². The Labute approximate surface area is 390 Å². The van der Waals surface area contributed by atoms with Gasteiger partial charge in [0.05, 0.1) is 66.5 Å². The van der Waals surface area contributed by atoms with Crippen molar-refractivity contribution in [2.24, 2.45) is 80.3 Å². The summed E-state index contributed by atoms with van der Waals surface area (Å²) >= 11 is 0. The minimum absolute atomic E-state index is 0.0163. The van der Waals surface area contributed by atoms with Gasteiger partial charge in [0, 0.05) is 41.4 Å². The van der Waals surface area contributed by atoms with Crippen LogP contribution in [-0.2, 0) is 44.6 Å². The maximum absolute atomic E-state index is 12.9. The molecule has 4 saturated carbocycles. The van der Waals surface area contributed by atoms with Gasteiger partial charge in [-0.05, 0) is 123 Å². The van der Waals surface area contributed by atoms with Crippen molar-refractivity contribution in [1.82, 2.24) is 9.97 Å². The number of aliphatic hydroxyl groups is 6. The summed E-state index contributed by atoms with van der Waals surface area (Å²) in [4.78, 5) is 11.2. The molecule has 22 atom stereocenters. The second kappa shape index (κ2) is 13.4. The van der Waals surface area contributed by atoms with Gasteiger partial charge in [-0.15, -0.1) is 0 Å². The molecule has 0 bridgehead atoms. The summed E-state index contributed by atoms with van der Waals surface area (Å²) < 4.78 is 26.5. The van der Waals surface area contributed by atoms with E-state index < -0.39 is 63.9 Å². The number of nitrogens with zero attached hydrogens (tertiary/aromatic N) is 2. The summed E-state index contributed by atoms with van der Waals surface area (Å²) in [6.07, 6.45) is 10.8. The van der Waals surface area contributed by atoms with E-state index in [0.29, 0.717) is 31.3 Å². The van der Waals surface area contributed by atoms with E-state index in [1.165, 1.54) is 5.57 Å². The van der Waals surface area contributed by atoms with Gasteiger partial charge in [-0.1, -0.05) is 71.8 Å². The predicted octanol–water partition coefficient (Wildman–Crippen LogP) is 5.15. The molecule has 13 rings (SSSR count). The van der Waals surface area contributed by atoms with Crippen LogP contribution in [0.1, 0.15) is 130 Å². The van der Waals surface area contributed by atoms with Gasteiger partial charge >= 0.3 is 0 Å². The van der Waals surface area contributed by atoms with Crippen molar-refractivity contribution in [3.8, 4) is 0 Å². The Hall–Kier alpha value is -1.84. The van der Waals surface area contributed by atoms with E-state index in [1.807, 2.05) is 13.8 Å². The van der Waals surface area contributed by atoms with Crippen molar-refractivity contribution in [1.29, 1.82) is 0 Å². The summed E-state index contributed by atoms with van der Waals surface area (Å²) in [7, 11) is 0. The number of rotatable bonds is 2. The molecule has 3 unspecified atom stereocenters. The summed E-state index contributed by atoms with van der Waals surface area (Å²) in [6, 6.07) is 0. The van der Waals surface area contributed by atoms with E-state index in [4.69, 9.17) is 28.9 Å². The van der Waals surface area contributed by atoms with Crippen LogP contribution in [0.5, 0.6) is 0 Å². The maximum Gasteiger partial charge on any atom is 0.201 e. The molecule has 66 heavy (non-hydrogen) atoms. The fourth-order valence-corrected chi connectivity index (χ4v) is 19.5. The number of aliphatic hydroxyl groups excluding tert-OH is 5. The quantitative estimate of drug-likeness (QED) is 0.215. The minimum atomic E-state index is -1.49. The second-order valence-electron chi connectivity index (χ2n) is 26.5. The lowest BCUT2D eigenvalue weighted by Gasteiger charge is -2.61. The van der Waals surface area contributed by atoms with Crippen molar-refractivity contribution in [3.63, 3.8) is 0 Å². The smallest absolute Gasteiger partial charge is 0.201 e. The summed E-state index contributed by atoms with van der Waals surface area (Å²) in [6.45, 7) is 17.6. The average molecular weight is 913 g/mol. The molecule has 12 aliphatic rings. The molecule has 362 valence electrons. The van der Waals surface area contributed by atoms with E-state index in [2.05, 4.69) is 46.8 Å². The first-order chi connectivity index (χ1) is 31.1. The monoisotopic (exact) mass is 913 g/mol. The van der Waals surface area contributed by atoms with Gasteiger partial charge in [-0.3, -0.25) is 9.97 Å². The zero-order valence-electron chi connectivity index (χ0n) is 40.6. The van der Waals surface area contributed by atoms with Crippen LogP contribution in [0, 0.1) is 80.3 Å². The highest BCUT2D eigenvalue weighted by Gasteiger charge is 2.79. The molecular formula is C54H76N2O10. The van der Waals surface area contributed by atoms with Crippen LogP contribution in [0.25, 0.3) is 0 Å². The molecule has 0 radical (unpaired) electrons. The Morgan fingerprint density at radius 3 is 1.88 bits per heavy atom. The SMILES string of the molecule is CC1[C@H]2[C@H](C=C3[C@@H]4CC[C@H]5Cc6nc7c(nc6C[C@]5(C)[C@H]4C[C@@H](O)[C@@]32CO)C[C@@H]2CC[C@H]3C4=C[C@@H]5O[C@]6(O[C@](C)(CO)CC6O)C(C)[C@]5(O)[C@@]4(C)[C@H](O)C[C@@H]3[C@@]2(C)C7)O[C@]12CC(C)(C)CO2. The van der Waals surface area contributed by atoms with Crippen molar-refractivity contribution < 1.29 is 49.6 Å². The lowest BCUT2D eigenvalue weighted by atomic mass is 9.44. The third kappa shape index (κ3) is 5.02. The molecule has 12 heteroatoms. The van der Waals surface area contributed by atoms with Crippen LogP contribution in [0.3, 0.4) is 0 Å². The summed E-state index contributed by atoms with van der Waals surface area (Å²) in [5.74, 6) is -1.02. The zero-order valence-corrected chi connectivity index (χ0v) is 40.6. The molecule has 8 fully saturated rings. The van der Waals surface area contributed by atoms with Gasteiger partial charge in [0.15, 0.2) is 5.79 Å². The third-order valence-electron chi connectivity index (χ3n) is 23.1. The number of hydrogen-bond donors (Lipinski definition) is 6. The molecule has 1 aromatic rings. The van der Waals surface area contributed by atoms with E-state index in [9.17, 15) is 30.6 Å². The average Bonchev–Trinajstić information content (AvgIpc) is 4.03. The van der Waals surface area contributed by atoms with E-state index in [-0.39, 0.29) is 77.5 Å². The molecule has 5 heterocycles. The van der Waals surface area contributed by atoms with Crippen molar-refractivity contribution >= 4 is 0 Å². The predicted molar refractivity (Wildman–Crippen MR) is 241 cm³/mol. The van der Waals surface area contributed by atoms with Crippen LogP contribution < -0.4 is 0 Å². The zero-order chi connectivity index (χ0) is 46.3. The molecule has 12 nitrogen and oxygen atoms in total. The highest BCUT2D eigenvalue weighted by Crippen LogP contribution is 2.73. The van der Waals surface area contributed by atoms with Crippen LogP contribution in [0.15, 0.2) is 23.3 Å². The molecule has 4 aliphatic heterocycles. The van der Waals surface area contributed by atoms with Gasteiger partial charge in [-0.2, -0.15) is 0 Å². The summed E-state index contributed by atoms with van der Waals surface area (Å²) in [5.41, 5.74) is 2.55. The molecule has 0 amide bonds. The Bertz CT molecular complexity index is 2340. The number of fused-ring (bicyclic) bond motifs is 16. The number of aromatic nitrogens is 2. The lowest BCUT2D eigenvalue weighted by Crippen LogP contribution is -2.65. The molecule has 1 aromatic heterocycles. The van der Waals surface area contributed by atoms with Gasteiger partial charge in [0.2, 0.25) is 5.79 Å². The molecule has 4 saturated heterocycles. The van der Waals surface area contributed by atoms with E-state index >= 15 is 0 Å². The van der Waals surface area contributed by atoms with Crippen molar-refractivity contribution in [3.05, 3.63) is 46.1 Å². The van der Waals surface area contributed by atoms with Crippen LogP contribution in [0.4, 0.5) is 0 Å². The summed E-state index contributed by atoms with van der Waals surface area (Å²) in [5, 5.41) is 70.9. The molecule has 0 aromatic carbocycles. The highest BCUT2D eigenvalue weighted by molar-refractivity contribution is 5.44. The van der Waals surface area contributed by atoms with Crippen molar-refractivity contribution in [2.45, 2.75) is 186 Å². The van der Waals surface area contributed by atoms with E-state index in [1.54, 1.807) is 6.92 Å². The van der Waals surface area contributed by atoms with Gasteiger partial charge in [-0.25, -0.2) is 0 Å². The first-order valence-corrected chi connectivity index (χ1v) is 26.1. The van der Waals surface area contributed by atoms with E-state index in [0.717, 1.165) is 86.1 Å². The highest BCUT2D eigenvalue weighted by atomic mass is 16.7. The standard InChI is InChI=1S/C54H76N2O10/c1-26-45-40(64-52(26)22-46(3,4)25-63-52)15-35-31-12-10-29-14-37-39(20-49(29,7)33(31)17-42(60)51(35,45)24-58)56-36-13-28-9-11-30-32(48(28,6)19-38(36)55-37)16-41(59)50(8)34(30)18-44-53(50,62)27(2)54(65-44)43(61)21-47(5,23-57)66-54/h15,18,26-33,40-45,57-62H,9-14,16-17,19-25H2,1-8H3/t26?,27?,28-,29-,30+,31+,32-,33-,40-,41+,42+,43?,44-,45-,47-,48-,49-,50+,51+,52+,53+,54-/m0/s1. The Balaban J connectivity index is 0.773. The van der Waals surface area contributed by atoms with Gasteiger partial charge in [0.25, 0.3) is 0 Å².